The van der Waals surface area contributed by atoms with Gasteiger partial charge < -0.3 is 24.8 Å². The van der Waals surface area contributed by atoms with Crippen molar-refractivity contribution in [2.24, 2.45) is 0 Å². The van der Waals surface area contributed by atoms with Crippen LogP contribution in [-0.4, -0.2) is 75.7 Å². The summed E-state index contributed by atoms with van der Waals surface area (Å²) in [5.74, 6) is 10.7. The van der Waals surface area contributed by atoms with Crippen LogP contribution >= 0.6 is 0 Å². The Morgan fingerprint density at radius 3 is 1.98 bits per heavy atom. The van der Waals surface area contributed by atoms with Gasteiger partial charge in [-0.3, -0.25) is 14.4 Å². The molecule has 1 fully saturated rings. The van der Waals surface area contributed by atoms with Crippen molar-refractivity contribution in [2.75, 3.05) is 40.0 Å². The molecule has 2 N–H and O–H groups in total. The fourth-order valence-electron chi connectivity index (χ4n) is 3.61. The molecule has 212 valence electrons. The van der Waals surface area contributed by atoms with Gasteiger partial charge in [-0.15, -0.1) is 0 Å². The van der Waals surface area contributed by atoms with E-state index in [1.54, 1.807) is 55.5 Å². The molecule has 2 atom stereocenters. The molecule has 2 aromatic carbocycles. The third-order valence-electron chi connectivity index (χ3n) is 5.45. The molecule has 0 aliphatic carbocycles. The number of methoxy groups -OCH3 is 1. The van der Waals surface area contributed by atoms with E-state index in [0.717, 1.165) is 38.2 Å². The molecule has 0 aromatic heterocycles. The molecule has 1 saturated heterocycles. The maximum absolute atomic E-state index is 12.8. The first-order valence-electron chi connectivity index (χ1n) is 13.1. The number of benzene rings is 2. The summed E-state index contributed by atoms with van der Waals surface area (Å²) in [6.07, 6.45) is 0.240. The van der Waals surface area contributed by atoms with Crippen LogP contribution in [0.25, 0.3) is 0 Å². The average molecular weight is 547 g/mol. The normalized spacial score (nSPS) is 14.0. The number of morpholine rings is 1. The Labute approximate surface area is 237 Å². The largest absolute Gasteiger partial charge is 0.379 e. The quantitative estimate of drug-likeness (QED) is 0.388. The number of carbonyl (C=O) groups is 3. The minimum absolute atomic E-state index is 0.125. The molecule has 0 saturated carbocycles. The zero-order chi connectivity index (χ0) is 29.4. The maximum atomic E-state index is 12.8. The number of carbonyl (C=O) groups excluding carboxylic acids is 3. The highest BCUT2D eigenvalue weighted by Gasteiger charge is 2.30. The van der Waals surface area contributed by atoms with Gasteiger partial charge in [0.05, 0.1) is 24.9 Å². The summed E-state index contributed by atoms with van der Waals surface area (Å²) in [6.45, 7) is 11.1. The second kappa shape index (κ2) is 17.0. The number of hydrogen-bond donors (Lipinski definition) is 2. The number of Topliss-reactive ketones (excluding diaryl/α,β-unsaturated/α-hetero) is 1. The van der Waals surface area contributed by atoms with Gasteiger partial charge in [-0.2, -0.15) is 0 Å². The van der Waals surface area contributed by atoms with E-state index in [0.29, 0.717) is 16.7 Å². The van der Waals surface area contributed by atoms with E-state index in [9.17, 15) is 14.4 Å². The molecule has 1 amide bonds. The third kappa shape index (κ3) is 12.4. The summed E-state index contributed by atoms with van der Waals surface area (Å²) in [5.41, 5.74) is 1.96. The summed E-state index contributed by atoms with van der Waals surface area (Å²) in [5, 5.41) is 5.92. The second-order valence-electron chi connectivity index (χ2n) is 9.97. The van der Waals surface area contributed by atoms with Crippen molar-refractivity contribution in [2.45, 2.75) is 45.4 Å². The van der Waals surface area contributed by atoms with Crippen molar-refractivity contribution in [3.05, 3.63) is 70.8 Å². The van der Waals surface area contributed by atoms with Gasteiger partial charge in [0.15, 0.2) is 5.78 Å². The van der Waals surface area contributed by atoms with E-state index in [1.165, 1.54) is 7.11 Å². The number of aldehydes is 1. The van der Waals surface area contributed by atoms with Crippen molar-refractivity contribution in [3.8, 4) is 23.7 Å². The molecular weight excluding hydrogens is 508 g/mol. The van der Waals surface area contributed by atoms with Crippen molar-refractivity contribution >= 4 is 18.0 Å². The molecule has 1 aliphatic heterocycles. The lowest BCUT2D eigenvalue weighted by Gasteiger charge is -2.30. The first-order valence-corrected chi connectivity index (χ1v) is 13.1. The van der Waals surface area contributed by atoms with Crippen molar-refractivity contribution < 1.29 is 28.6 Å². The Balaban J connectivity index is 0.000000821. The highest BCUT2D eigenvalue weighted by atomic mass is 16.5. The van der Waals surface area contributed by atoms with Crippen molar-refractivity contribution in [1.29, 1.82) is 0 Å². The molecule has 8 heteroatoms. The highest BCUT2D eigenvalue weighted by Crippen LogP contribution is 2.14. The van der Waals surface area contributed by atoms with E-state index < -0.39 is 23.7 Å². The Bertz CT molecular complexity index is 1210. The standard InChI is InChI=1S/C28H29NO5.C4H9NO/c1-20(34-28(2,3)4)26(25(31)19-33-5)29-27(32)24-16-14-22(15-17-24)9-7-6-8-21-10-12-23(18-30)13-11-21;1-3-6-4-2-5-1/h10-18,20,26H,19H2,1-5H3,(H,29,32);5H,1-4H2/t20-,26?;/m1./s1. The van der Waals surface area contributed by atoms with Crippen LogP contribution in [0.4, 0.5) is 0 Å². The molecule has 0 bridgehead atoms. The number of rotatable bonds is 8. The van der Waals surface area contributed by atoms with Gasteiger partial charge >= 0.3 is 0 Å². The number of amides is 1. The summed E-state index contributed by atoms with van der Waals surface area (Å²) < 4.78 is 15.8. The van der Waals surface area contributed by atoms with Crippen LogP contribution in [0.5, 0.6) is 0 Å². The SMILES string of the molecule is C1COCCN1.COCC(=O)C(NC(=O)c1ccc(C#CC#Cc2ccc(C=O)cc2)cc1)[C@@H](C)OC(C)(C)C. The molecule has 40 heavy (non-hydrogen) atoms. The molecule has 3 rings (SSSR count). The van der Waals surface area contributed by atoms with Gasteiger partial charge in [-0.25, -0.2) is 0 Å². The minimum Gasteiger partial charge on any atom is -0.379 e. The number of nitrogens with one attached hydrogen (secondary N) is 2. The highest BCUT2D eigenvalue weighted by molar-refractivity contribution is 5.98. The topological polar surface area (TPSA) is 103 Å². The lowest BCUT2D eigenvalue weighted by molar-refractivity contribution is -0.132. The van der Waals surface area contributed by atoms with Crippen LogP contribution in [0.15, 0.2) is 48.5 Å². The van der Waals surface area contributed by atoms with Crippen LogP contribution in [0.2, 0.25) is 0 Å². The van der Waals surface area contributed by atoms with E-state index in [4.69, 9.17) is 14.2 Å². The van der Waals surface area contributed by atoms with Gasteiger partial charge in [-0.05, 0) is 75.9 Å². The van der Waals surface area contributed by atoms with Crippen LogP contribution in [0, 0.1) is 23.7 Å². The van der Waals surface area contributed by atoms with E-state index >= 15 is 0 Å². The van der Waals surface area contributed by atoms with Gasteiger partial charge in [0.25, 0.3) is 5.91 Å². The summed E-state index contributed by atoms with van der Waals surface area (Å²) in [6, 6.07) is 12.7. The second-order valence-corrected chi connectivity index (χ2v) is 9.97. The number of ketones is 1. The van der Waals surface area contributed by atoms with Crippen LogP contribution < -0.4 is 10.6 Å². The average Bonchev–Trinajstić information content (AvgIpc) is 2.95. The summed E-state index contributed by atoms with van der Waals surface area (Å²) in [4.78, 5) is 36.0. The molecule has 8 nitrogen and oxygen atoms in total. The van der Waals surface area contributed by atoms with Crippen LogP contribution in [0.3, 0.4) is 0 Å². The van der Waals surface area contributed by atoms with Crippen LogP contribution in [-0.2, 0) is 19.0 Å². The molecule has 1 unspecified atom stereocenters. The maximum Gasteiger partial charge on any atom is 0.251 e. The molecular formula is C32H38N2O6. The fraction of sp³-hybridized carbons (Fsp3) is 0.406. The van der Waals surface area contributed by atoms with Crippen molar-refractivity contribution in [1.82, 2.24) is 10.6 Å². The Hall–Kier alpha value is -3.79. The monoisotopic (exact) mass is 546 g/mol. The summed E-state index contributed by atoms with van der Waals surface area (Å²) >= 11 is 0. The summed E-state index contributed by atoms with van der Waals surface area (Å²) in [7, 11) is 1.43. The fourth-order valence-corrected chi connectivity index (χ4v) is 3.61. The molecule has 2 aromatic rings. The predicted octanol–water partition coefficient (Wildman–Crippen LogP) is 3.03. The third-order valence-corrected chi connectivity index (χ3v) is 5.45. The zero-order valence-electron chi connectivity index (χ0n) is 23.8. The first-order chi connectivity index (χ1) is 19.1. The van der Waals surface area contributed by atoms with Gasteiger partial charge in [0.1, 0.15) is 18.9 Å². The number of hydrogen-bond acceptors (Lipinski definition) is 7. The Morgan fingerprint density at radius 1 is 1.00 bits per heavy atom. The van der Waals surface area contributed by atoms with Crippen LogP contribution in [0.1, 0.15) is 59.5 Å². The van der Waals surface area contributed by atoms with E-state index in [2.05, 4.69) is 34.3 Å². The van der Waals surface area contributed by atoms with E-state index in [-0.39, 0.29) is 12.4 Å². The Kier molecular flexibility index (Phi) is 13.8. The lowest BCUT2D eigenvalue weighted by atomic mass is 10.0. The molecule has 1 aliphatic rings. The predicted molar refractivity (Wildman–Crippen MR) is 154 cm³/mol. The smallest absolute Gasteiger partial charge is 0.251 e. The van der Waals surface area contributed by atoms with Gasteiger partial charge in [-0.1, -0.05) is 24.0 Å². The molecule has 0 radical (unpaired) electrons. The lowest BCUT2D eigenvalue weighted by Crippen LogP contribution is -2.51. The molecule has 0 spiro atoms. The van der Waals surface area contributed by atoms with Gasteiger partial charge in [0.2, 0.25) is 0 Å². The van der Waals surface area contributed by atoms with E-state index in [1.807, 2.05) is 20.8 Å². The number of ether oxygens (including phenoxy) is 3. The first kappa shape index (κ1) is 32.4. The molecule has 1 heterocycles. The zero-order valence-corrected chi connectivity index (χ0v) is 23.8. The minimum atomic E-state index is -0.845. The van der Waals surface area contributed by atoms with Gasteiger partial charge in [0, 0.05) is 42.5 Å². The van der Waals surface area contributed by atoms with Crippen molar-refractivity contribution in [3.63, 3.8) is 0 Å². The Morgan fingerprint density at radius 2 is 1.55 bits per heavy atom.